The van der Waals surface area contributed by atoms with Crippen molar-refractivity contribution in [2.45, 2.75) is 0 Å². The summed E-state index contributed by atoms with van der Waals surface area (Å²) in [4.78, 5) is 0. The molecule has 0 aliphatic heterocycles. The van der Waals surface area contributed by atoms with Crippen LogP contribution < -0.4 is 0 Å². The first-order chi connectivity index (χ1) is 30.7. The number of nitrogens with zero attached hydrogens (tertiary/aromatic N) is 1. The summed E-state index contributed by atoms with van der Waals surface area (Å²) >= 11 is 0.140. The molecule has 12 aromatic rings. The van der Waals surface area contributed by atoms with E-state index in [4.69, 9.17) is 0 Å². The molecule has 0 amide bonds. The molecule has 0 atom stereocenters. The Labute approximate surface area is 367 Å². The Kier molecular flexibility index (Phi) is 8.92. The molecule has 0 fully saturated rings. The predicted molar refractivity (Wildman–Crippen MR) is 265 cm³/mol. The van der Waals surface area contributed by atoms with Crippen LogP contribution in [0.1, 0.15) is 0 Å². The van der Waals surface area contributed by atoms with Crippen molar-refractivity contribution in [3.8, 4) is 72.4 Å². The molecular formula is C60H39NSe. The van der Waals surface area contributed by atoms with Crippen LogP contribution in [0.5, 0.6) is 0 Å². The van der Waals surface area contributed by atoms with Gasteiger partial charge in [0.25, 0.3) is 0 Å². The number of benzene rings is 10. The molecule has 0 saturated heterocycles. The third-order valence-corrected chi connectivity index (χ3v) is 15.1. The molecule has 10 aromatic carbocycles. The number of hydrogen-bond acceptors (Lipinski definition) is 0. The van der Waals surface area contributed by atoms with E-state index in [1.165, 1.54) is 108 Å². The molecule has 290 valence electrons. The summed E-state index contributed by atoms with van der Waals surface area (Å²) in [5.74, 6) is 0. The van der Waals surface area contributed by atoms with E-state index >= 15 is 0 Å². The summed E-state index contributed by atoms with van der Waals surface area (Å²) < 4.78 is 5.34. The Morgan fingerprint density at radius 2 is 0.661 bits per heavy atom. The molecule has 0 N–H and O–H groups in total. The first-order valence-corrected chi connectivity index (χ1v) is 23.0. The molecule has 0 aliphatic carbocycles. The minimum absolute atomic E-state index is 0.140. The van der Waals surface area contributed by atoms with Crippen molar-refractivity contribution in [3.63, 3.8) is 0 Å². The molecule has 2 heterocycles. The summed E-state index contributed by atoms with van der Waals surface area (Å²) in [5.41, 5.74) is 18.5. The van der Waals surface area contributed by atoms with Crippen molar-refractivity contribution >= 4 is 55.6 Å². The topological polar surface area (TPSA) is 4.93 Å². The van der Waals surface area contributed by atoms with Crippen LogP contribution in [0.4, 0.5) is 0 Å². The summed E-state index contributed by atoms with van der Waals surface area (Å²) in [6.07, 6.45) is 0. The van der Waals surface area contributed by atoms with Gasteiger partial charge >= 0.3 is 310 Å². The van der Waals surface area contributed by atoms with Gasteiger partial charge in [0.15, 0.2) is 0 Å². The van der Waals surface area contributed by atoms with E-state index in [1.807, 2.05) is 0 Å². The first-order valence-electron chi connectivity index (χ1n) is 21.2. The van der Waals surface area contributed by atoms with Gasteiger partial charge in [-0.1, -0.05) is 48.5 Å². The average molecular weight is 853 g/mol. The Bertz CT molecular complexity index is 3580. The zero-order valence-corrected chi connectivity index (χ0v) is 35.6. The number of aromatic nitrogens is 1. The van der Waals surface area contributed by atoms with Gasteiger partial charge in [-0.05, 0) is 11.1 Å². The molecule has 0 saturated carbocycles. The van der Waals surface area contributed by atoms with E-state index in [0.717, 1.165) is 5.69 Å². The molecule has 2 heteroatoms. The van der Waals surface area contributed by atoms with Crippen molar-refractivity contribution in [2.75, 3.05) is 0 Å². The second-order valence-electron chi connectivity index (χ2n) is 16.1. The summed E-state index contributed by atoms with van der Waals surface area (Å²) in [6, 6.07) is 87.1. The summed E-state index contributed by atoms with van der Waals surface area (Å²) in [7, 11) is 0. The van der Waals surface area contributed by atoms with E-state index in [1.54, 1.807) is 0 Å². The van der Waals surface area contributed by atoms with Crippen molar-refractivity contribution in [1.82, 2.24) is 4.57 Å². The maximum atomic E-state index is 2.43. The fourth-order valence-electron chi connectivity index (χ4n) is 9.36. The number of rotatable bonds is 7. The van der Waals surface area contributed by atoms with E-state index in [2.05, 4.69) is 241 Å². The van der Waals surface area contributed by atoms with Crippen LogP contribution in [0.25, 0.3) is 114 Å². The van der Waals surface area contributed by atoms with Crippen molar-refractivity contribution in [3.05, 3.63) is 237 Å². The van der Waals surface area contributed by atoms with Crippen molar-refractivity contribution < 1.29 is 0 Å². The predicted octanol–water partition coefficient (Wildman–Crippen LogP) is 16.1. The molecule has 0 spiro atoms. The normalized spacial score (nSPS) is 11.5. The fraction of sp³-hybridized carbons (Fsp3) is 0. The fourth-order valence-corrected chi connectivity index (χ4v) is 12.2. The summed E-state index contributed by atoms with van der Waals surface area (Å²) in [5, 5.41) is 5.23. The standard InChI is InChI=1S/C60H39NSe/c1-4-14-40(15-5-1)42-26-28-44(29-27-42)47-36-48(38-49(37-47)52-22-13-24-55-54-23-12-21-51(59(54)62-60(52)55)45-18-8-3-9-19-45)46-32-35-58-56(39-46)53-20-10-11-25-57(53)61(58)50-33-30-43(31-34-50)41-16-6-2-7-17-41/h1-39H. The van der Waals surface area contributed by atoms with E-state index in [-0.39, 0.29) is 14.5 Å². The molecule has 0 aliphatic rings. The third kappa shape index (κ3) is 6.32. The molecule has 0 unspecified atom stereocenters. The number of para-hydroxylation sites is 1. The van der Waals surface area contributed by atoms with Crippen LogP contribution in [-0.4, -0.2) is 19.1 Å². The van der Waals surface area contributed by atoms with Gasteiger partial charge < -0.3 is 0 Å². The van der Waals surface area contributed by atoms with Gasteiger partial charge in [-0.2, -0.15) is 0 Å². The molecule has 0 radical (unpaired) electrons. The zero-order chi connectivity index (χ0) is 41.0. The van der Waals surface area contributed by atoms with Gasteiger partial charge in [-0.15, -0.1) is 0 Å². The van der Waals surface area contributed by atoms with Crippen LogP contribution in [0, 0.1) is 0 Å². The van der Waals surface area contributed by atoms with Gasteiger partial charge in [0.1, 0.15) is 0 Å². The SMILES string of the molecule is c1ccc(-c2ccc(-c3cc(-c4ccc5c(c4)c4ccccc4n5-c4ccc(-c5ccccc5)cc4)cc(-c4cccc5c4[se]c4c(-c6ccccc6)cccc45)c3)cc2)cc1. The van der Waals surface area contributed by atoms with Gasteiger partial charge in [0, 0.05) is 0 Å². The number of fused-ring (bicyclic) bond motifs is 6. The zero-order valence-electron chi connectivity index (χ0n) is 33.9. The van der Waals surface area contributed by atoms with Crippen LogP contribution in [0.3, 0.4) is 0 Å². The van der Waals surface area contributed by atoms with E-state index < -0.39 is 0 Å². The second kappa shape index (κ2) is 15.2. The Hall–Kier alpha value is -7.48. The molecular weight excluding hydrogens is 814 g/mol. The van der Waals surface area contributed by atoms with Crippen LogP contribution in [0.15, 0.2) is 237 Å². The van der Waals surface area contributed by atoms with E-state index in [0.29, 0.717) is 0 Å². The molecule has 1 nitrogen and oxygen atoms in total. The average Bonchev–Trinajstić information content (AvgIpc) is 3.91. The molecule has 0 bridgehead atoms. The van der Waals surface area contributed by atoms with Gasteiger partial charge in [0.05, 0.1) is 0 Å². The van der Waals surface area contributed by atoms with Gasteiger partial charge in [-0.3, -0.25) is 0 Å². The van der Waals surface area contributed by atoms with Crippen LogP contribution >= 0.6 is 0 Å². The molecule has 12 rings (SSSR count). The van der Waals surface area contributed by atoms with Crippen LogP contribution in [0.2, 0.25) is 0 Å². The Morgan fingerprint density at radius 1 is 0.242 bits per heavy atom. The Morgan fingerprint density at radius 3 is 1.27 bits per heavy atom. The van der Waals surface area contributed by atoms with E-state index in [9.17, 15) is 0 Å². The molecule has 62 heavy (non-hydrogen) atoms. The second-order valence-corrected chi connectivity index (χ2v) is 18.2. The van der Waals surface area contributed by atoms with Gasteiger partial charge in [0.2, 0.25) is 0 Å². The summed E-state index contributed by atoms with van der Waals surface area (Å²) in [6.45, 7) is 0. The van der Waals surface area contributed by atoms with Crippen molar-refractivity contribution in [1.29, 1.82) is 0 Å². The van der Waals surface area contributed by atoms with Gasteiger partial charge in [-0.25, -0.2) is 0 Å². The monoisotopic (exact) mass is 853 g/mol. The van der Waals surface area contributed by atoms with Crippen LogP contribution in [-0.2, 0) is 0 Å². The maximum absolute atomic E-state index is 2.43. The third-order valence-electron chi connectivity index (χ3n) is 12.4. The first kappa shape index (κ1) is 36.4. The quantitative estimate of drug-likeness (QED) is 0.141. The molecule has 2 aromatic heterocycles. The Balaban J connectivity index is 1.03. The van der Waals surface area contributed by atoms with Crippen molar-refractivity contribution in [2.24, 2.45) is 0 Å². The number of hydrogen-bond donors (Lipinski definition) is 0. The minimum atomic E-state index is 0.140.